The number of benzene rings is 9. The Bertz CT molecular complexity index is 3250. The number of hydrogen-bond acceptors (Lipinski definition) is 3. The van der Waals surface area contributed by atoms with Crippen molar-refractivity contribution >= 4 is 54.1 Å². The molecule has 55 heavy (non-hydrogen) atoms. The Hall–Kier alpha value is -7.43. The molecule has 2 aromatic heterocycles. The second-order valence-corrected chi connectivity index (χ2v) is 14.0. The Balaban J connectivity index is 1.19. The van der Waals surface area contributed by atoms with Crippen LogP contribution in [0.3, 0.4) is 0 Å². The molecule has 11 rings (SSSR count). The molecule has 0 N–H and O–H groups in total. The van der Waals surface area contributed by atoms with E-state index in [9.17, 15) is 0 Å². The summed E-state index contributed by atoms with van der Waals surface area (Å²) in [5.74, 6) is 1.91. The molecule has 0 amide bonds. The summed E-state index contributed by atoms with van der Waals surface area (Å²) in [6.45, 7) is 0. The lowest BCUT2D eigenvalue weighted by atomic mass is 9.99. The van der Waals surface area contributed by atoms with Gasteiger partial charge in [-0.3, -0.25) is 0 Å². The fourth-order valence-electron chi connectivity index (χ4n) is 8.21. The Morgan fingerprint density at radius 2 is 0.891 bits per heavy atom. The Kier molecular flexibility index (Phi) is 7.14. The van der Waals surface area contributed by atoms with Crippen LogP contribution in [0.5, 0.6) is 0 Å². The molecule has 0 aliphatic rings. The van der Waals surface area contributed by atoms with Gasteiger partial charge in [0.15, 0.2) is 17.5 Å². The minimum Gasteiger partial charge on any atom is -0.309 e. The standard InChI is InChI=1S/C51H32N4/c1-3-14-34(15-4-1)43-31-39(50-52-49(36-18-5-2-6-19-36)53-51(54-50)42-25-13-22-33-16-9-11-23-40(33)42)27-28-45(43)55-46-29-26-35-17-10-12-24-41(35)48(46)44-30-37-20-7-8-21-38(37)32-47(44)55/h1-32H. The van der Waals surface area contributed by atoms with Crippen LogP contribution in [0.4, 0.5) is 0 Å². The smallest absolute Gasteiger partial charge is 0.164 e. The molecule has 2 heterocycles. The van der Waals surface area contributed by atoms with Crippen LogP contribution in [0.25, 0.3) is 105 Å². The second kappa shape index (κ2) is 12.6. The number of rotatable bonds is 5. The van der Waals surface area contributed by atoms with Gasteiger partial charge in [-0.1, -0.05) is 158 Å². The molecule has 4 heteroatoms. The van der Waals surface area contributed by atoms with Crippen LogP contribution < -0.4 is 0 Å². The van der Waals surface area contributed by atoms with Crippen molar-refractivity contribution in [2.75, 3.05) is 0 Å². The highest BCUT2D eigenvalue weighted by molar-refractivity contribution is 6.23. The Morgan fingerprint density at radius 1 is 0.309 bits per heavy atom. The molecule has 0 saturated carbocycles. The zero-order valence-electron chi connectivity index (χ0n) is 29.8. The molecule has 0 bridgehead atoms. The third-order valence-electron chi connectivity index (χ3n) is 10.8. The predicted octanol–water partition coefficient (Wildman–Crippen LogP) is 13.1. The topological polar surface area (TPSA) is 43.6 Å². The fraction of sp³-hybridized carbons (Fsp3) is 0. The van der Waals surface area contributed by atoms with Gasteiger partial charge in [0.05, 0.1) is 16.7 Å². The molecular weight excluding hydrogens is 669 g/mol. The van der Waals surface area contributed by atoms with Crippen LogP contribution in [0, 0.1) is 0 Å². The summed E-state index contributed by atoms with van der Waals surface area (Å²) in [6.07, 6.45) is 0. The molecule has 4 nitrogen and oxygen atoms in total. The fourth-order valence-corrected chi connectivity index (χ4v) is 8.21. The SMILES string of the molecule is c1ccc(-c2nc(-c3ccc(-n4c5cc6ccccc6cc5c5c6ccccc6ccc54)c(-c4ccccc4)c3)nc(-c3cccc4ccccc34)n2)cc1. The Morgan fingerprint density at radius 3 is 1.65 bits per heavy atom. The lowest BCUT2D eigenvalue weighted by Crippen LogP contribution is -2.02. The highest BCUT2D eigenvalue weighted by atomic mass is 15.0. The summed E-state index contributed by atoms with van der Waals surface area (Å²) in [4.78, 5) is 15.4. The second-order valence-electron chi connectivity index (χ2n) is 14.0. The Labute approximate surface area is 317 Å². The summed E-state index contributed by atoms with van der Waals surface area (Å²) < 4.78 is 2.44. The first-order chi connectivity index (χ1) is 27.3. The molecular formula is C51H32N4. The number of fused-ring (bicyclic) bond motifs is 7. The molecule has 0 radical (unpaired) electrons. The van der Waals surface area contributed by atoms with Gasteiger partial charge in [-0.15, -0.1) is 0 Å². The molecule has 0 saturated heterocycles. The molecule has 0 unspecified atom stereocenters. The molecule has 0 fully saturated rings. The average Bonchev–Trinajstić information content (AvgIpc) is 3.59. The molecule has 11 aromatic rings. The summed E-state index contributed by atoms with van der Waals surface area (Å²) >= 11 is 0. The quantitative estimate of drug-likeness (QED) is 0.179. The van der Waals surface area contributed by atoms with E-state index in [4.69, 9.17) is 15.0 Å². The van der Waals surface area contributed by atoms with E-state index in [1.165, 1.54) is 43.4 Å². The van der Waals surface area contributed by atoms with Gasteiger partial charge in [0.25, 0.3) is 0 Å². The van der Waals surface area contributed by atoms with Crippen molar-refractivity contribution in [3.63, 3.8) is 0 Å². The van der Waals surface area contributed by atoms with Crippen LogP contribution >= 0.6 is 0 Å². The largest absolute Gasteiger partial charge is 0.309 e. The third-order valence-corrected chi connectivity index (χ3v) is 10.8. The van der Waals surface area contributed by atoms with Gasteiger partial charge in [0.1, 0.15) is 0 Å². The summed E-state index contributed by atoms with van der Waals surface area (Å²) in [7, 11) is 0. The van der Waals surface area contributed by atoms with E-state index in [1.807, 2.05) is 18.2 Å². The minimum atomic E-state index is 0.625. The van der Waals surface area contributed by atoms with Crippen molar-refractivity contribution in [2.45, 2.75) is 0 Å². The zero-order chi connectivity index (χ0) is 36.3. The van der Waals surface area contributed by atoms with Crippen LogP contribution in [0.2, 0.25) is 0 Å². The van der Waals surface area contributed by atoms with Crippen LogP contribution in [0.1, 0.15) is 0 Å². The molecule has 256 valence electrons. The number of nitrogens with zero attached hydrogens (tertiary/aromatic N) is 4. The summed E-state index contributed by atoms with van der Waals surface area (Å²) in [5.41, 5.74) is 8.46. The van der Waals surface area contributed by atoms with E-state index < -0.39 is 0 Å². The molecule has 9 aromatic carbocycles. The highest BCUT2D eigenvalue weighted by Crippen LogP contribution is 2.42. The van der Waals surface area contributed by atoms with Crippen molar-refractivity contribution in [2.24, 2.45) is 0 Å². The molecule has 0 aliphatic heterocycles. The van der Waals surface area contributed by atoms with Gasteiger partial charge in [-0.2, -0.15) is 0 Å². The maximum absolute atomic E-state index is 5.22. The van der Waals surface area contributed by atoms with E-state index in [-0.39, 0.29) is 0 Å². The van der Waals surface area contributed by atoms with Crippen molar-refractivity contribution in [3.8, 4) is 51.0 Å². The number of hydrogen-bond donors (Lipinski definition) is 0. The highest BCUT2D eigenvalue weighted by Gasteiger charge is 2.21. The van der Waals surface area contributed by atoms with Crippen molar-refractivity contribution in [3.05, 3.63) is 194 Å². The van der Waals surface area contributed by atoms with E-state index >= 15 is 0 Å². The predicted molar refractivity (Wildman–Crippen MR) is 228 cm³/mol. The van der Waals surface area contributed by atoms with Gasteiger partial charge in [-0.25, -0.2) is 15.0 Å². The molecule has 0 atom stereocenters. The number of aromatic nitrogens is 4. The van der Waals surface area contributed by atoms with Gasteiger partial charge in [-0.05, 0) is 74.3 Å². The molecule has 0 aliphatic carbocycles. The van der Waals surface area contributed by atoms with E-state index in [1.54, 1.807) is 0 Å². The lowest BCUT2D eigenvalue weighted by Gasteiger charge is -2.16. The van der Waals surface area contributed by atoms with Crippen LogP contribution in [-0.4, -0.2) is 19.5 Å². The average molecular weight is 701 g/mol. The maximum atomic E-state index is 5.22. The molecule has 0 spiro atoms. The van der Waals surface area contributed by atoms with Crippen molar-refractivity contribution < 1.29 is 0 Å². The van der Waals surface area contributed by atoms with Gasteiger partial charge in [0.2, 0.25) is 0 Å². The zero-order valence-corrected chi connectivity index (χ0v) is 29.8. The van der Waals surface area contributed by atoms with Gasteiger partial charge >= 0.3 is 0 Å². The minimum absolute atomic E-state index is 0.625. The first-order valence-corrected chi connectivity index (χ1v) is 18.6. The monoisotopic (exact) mass is 700 g/mol. The third kappa shape index (κ3) is 5.19. The van der Waals surface area contributed by atoms with E-state index in [0.717, 1.165) is 44.3 Å². The van der Waals surface area contributed by atoms with Crippen molar-refractivity contribution in [1.82, 2.24) is 19.5 Å². The van der Waals surface area contributed by atoms with Crippen molar-refractivity contribution in [1.29, 1.82) is 0 Å². The van der Waals surface area contributed by atoms with Crippen LogP contribution in [-0.2, 0) is 0 Å². The van der Waals surface area contributed by atoms with E-state index in [0.29, 0.717) is 17.5 Å². The van der Waals surface area contributed by atoms with Gasteiger partial charge in [0, 0.05) is 33.0 Å². The first-order valence-electron chi connectivity index (χ1n) is 18.6. The normalized spacial score (nSPS) is 11.6. The first kappa shape index (κ1) is 31.1. The maximum Gasteiger partial charge on any atom is 0.164 e. The van der Waals surface area contributed by atoms with Gasteiger partial charge < -0.3 is 4.57 Å². The summed E-state index contributed by atoms with van der Waals surface area (Å²) in [6, 6.07) is 68.8. The summed E-state index contributed by atoms with van der Waals surface area (Å²) in [5, 5.41) is 9.65. The lowest BCUT2D eigenvalue weighted by molar-refractivity contribution is 1.07. The van der Waals surface area contributed by atoms with E-state index in [2.05, 4.69) is 180 Å². The van der Waals surface area contributed by atoms with Crippen LogP contribution in [0.15, 0.2) is 194 Å².